The SMILES string of the molecule is COc1ccc(Br)cc1/C=C1\Oc2c(ccc(OCc3ccccc3OC)c2C)C1=O. The number of Topliss-reactive ketones (excluding diaryl/α,β-unsaturated/α-hetero) is 1. The fourth-order valence-electron chi connectivity index (χ4n) is 3.46. The predicted molar refractivity (Wildman–Crippen MR) is 122 cm³/mol. The normalized spacial score (nSPS) is 13.7. The van der Waals surface area contributed by atoms with E-state index in [4.69, 9.17) is 18.9 Å². The van der Waals surface area contributed by atoms with Crippen LogP contribution in [-0.2, 0) is 6.61 Å². The molecule has 0 atom stereocenters. The molecular formula is C25H21BrO5. The molecule has 0 aliphatic carbocycles. The lowest BCUT2D eigenvalue weighted by Gasteiger charge is -2.13. The molecule has 5 nitrogen and oxygen atoms in total. The maximum Gasteiger partial charge on any atom is 0.231 e. The van der Waals surface area contributed by atoms with Gasteiger partial charge in [0.25, 0.3) is 0 Å². The number of hydrogen-bond acceptors (Lipinski definition) is 5. The lowest BCUT2D eigenvalue weighted by atomic mass is 10.1. The summed E-state index contributed by atoms with van der Waals surface area (Å²) in [5, 5.41) is 0. The highest BCUT2D eigenvalue weighted by atomic mass is 79.9. The summed E-state index contributed by atoms with van der Waals surface area (Å²) in [6.07, 6.45) is 1.70. The van der Waals surface area contributed by atoms with Gasteiger partial charge in [-0.2, -0.15) is 0 Å². The van der Waals surface area contributed by atoms with Gasteiger partial charge in [-0.3, -0.25) is 4.79 Å². The molecule has 0 N–H and O–H groups in total. The third-order valence-electron chi connectivity index (χ3n) is 5.09. The van der Waals surface area contributed by atoms with Crippen molar-refractivity contribution in [1.82, 2.24) is 0 Å². The van der Waals surface area contributed by atoms with Gasteiger partial charge in [0.2, 0.25) is 5.78 Å². The van der Waals surface area contributed by atoms with Crippen LogP contribution in [0.1, 0.15) is 27.0 Å². The van der Waals surface area contributed by atoms with Crippen LogP contribution in [0.5, 0.6) is 23.0 Å². The van der Waals surface area contributed by atoms with Crippen LogP contribution < -0.4 is 18.9 Å². The molecule has 1 aliphatic heterocycles. The van der Waals surface area contributed by atoms with E-state index in [0.29, 0.717) is 29.4 Å². The molecule has 0 saturated carbocycles. The van der Waals surface area contributed by atoms with Crippen molar-refractivity contribution in [3.63, 3.8) is 0 Å². The Morgan fingerprint density at radius 3 is 2.48 bits per heavy atom. The number of halogens is 1. The molecule has 3 aromatic rings. The fraction of sp³-hybridized carbons (Fsp3) is 0.160. The van der Waals surface area contributed by atoms with E-state index in [1.54, 1.807) is 32.4 Å². The number of benzene rings is 3. The van der Waals surface area contributed by atoms with Gasteiger partial charge in [-0.15, -0.1) is 0 Å². The van der Waals surface area contributed by atoms with Gasteiger partial charge >= 0.3 is 0 Å². The average Bonchev–Trinajstić information content (AvgIpc) is 3.10. The highest BCUT2D eigenvalue weighted by Gasteiger charge is 2.30. The molecule has 1 aliphatic rings. The number of carbonyl (C=O) groups excluding carboxylic acids is 1. The van der Waals surface area contributed by atoms with Crippen LogP contribution in [0.15, 0.2) is 64.8 Å². The minimum absolute atomic E-state index is 0.170. The van der Waals surface area contributed by atoms with E-state index < -0.39 is 0 Å². The minimum Gasteiger partial charge on any atom is -0.496 e. The molecule has 0 unspecified atom stereocenters. The van der Waals surface area contributed by atoms with E-state index in [9.17, 15) is 4.79 Å². The summed E-state index contributed by atoms with van der Waals surface area (Å²) in [5.41, 5.74) is 2.97. The number of fused-ring (bicyclic) bond motifs is 1. The zero-order valence-corrected chi connectivity index (χ0v) is 19.0. The summed E-state index contributed by atoms with van der Waals surface area (Å²) in [5.74, 6) is 2.66. The third kappa shape index (κ3) is 4.16. The van der Waals surface area contributed by atoms with E-state index in [1.165, 1.54) is 0 Å². The third-order valence-corrected chi connectivity index (χ3v) is 5.58. The highest BCUT2D eigenvalue weighted by molar-refractivity contribution is 9.10. The molecule has 1 heterocycles. The van der Waals surface area contributed by atoms with Crippen molar-refractivity contribution in [2.45, 2.75) is 13.5 Å². The largest absolute Gasteiger partial charge is 0.496 e. The average molecular weight is 481 g/mol. The first-order valence-electron chi connectivity index (χ1n) is 9.68. The second-order valence-corrected chi connectivity index (χ2v) is 7.91. The molecule has 0 amide bonds. The second-order valence-electron chi connectivity index (χ2n) is 6.99. The quantitative estimate of drug-likeness (QED) is 0.406. The van der Waals surface area contributed by atoms with Crippen molar-refractivity contribution in [1.29, 1.82) is 0 Å². The number of ketones is 1. The zero-order chi connectivity index (χ0) is 22.0. The molecule has 0 fully saturated rings. The Morgan fingerprint density at radius 1 is 0.968 bits per heavy atom. The monoisotopic (exact) mass is 480 g/mol. The molecule has 0 spiro atoms. The summed E-state index contributed by atoms with van der Waals surface area (Å²) in [6, 6.07) is 16.8. The number of ether oxygens (including phenoxy) is 4. The van der Waals surface area contributed by atoms with E-state index in [2.05, 4.69) is 15.9 Å². The number of methoxy groups -OCH3 is 2. The first-order chi connectivity index (χ1) is 15.0. The number of rotatable bonds is 6. The van der Waals surface area contributed by atoms with Gasteiger partial charge in [-0.1, -0.05) is 34.1 Å². The van der Waals surface area contributed by atoms with Crippen molar-refractivity contribution in [3.8, 4) is 23.0 Å². The number of para-hydroxylation sites is 1. The minimum atomic E-state index is -0.170. The van der Waals surface area contributed by atoms with Crippen LogP contribution in [0.3, 0.4) is 0 Å². The number of allylic oxidation sites excluding steroid dienone is 1. The molecule has 0 aromatic heterocycles. The first-order valence-corrected chi connectivity index (χ1v) is 10.5. The van der Waals surface area contributed by atoms with Crippen LogP contribution in [0, 0.1) is 6.92 Å². The number of carbonyl (C=O) groups is 1. The molecule has 0 saturated heterocycles. The molecule has 31 heavy (non-hydrogen) atoms. The van der Waals surface area contributed by atoms with Crippen LogP contribution >= 0.6 is 15.9 Å². The smallest absolute Gasteiger partial charge is 0.231 e. The second kappa shape index (κ2) is 8.86. The van der Waals surface area contributed by atoms with Crippen LogP contribution in [-0.4, -0.2) is 20.0 Å². The fourth-order valence-corrected chi connectivity index (χ4v) is 3.84. The van der Waals surface area contributed by atoms with Crippen LogP contribution in [0.25, 0.3) is 6.08 Å². The van der Waals surface area contributed by atoms with Gasteiger partial charge in [0.1, 0.15) is 29.6 Å². The summed E-state index contributed by atoms with van der Waals surface area (Å²) < 4.78 is 23.6. The van der Waals surface area contributed by atoms with Gasteiger partial charge in [-0.05, 0) is 49.4 Å². The summed E-state index contributed by atoms with van der Waals surface area (Å²) >= 11 is 3.45. The Balaban J connectivity index is 1.60. The Labute approximate surface area is 189 Å². The molecule has 0 bridgehead atoms. The van der Waals surface area contributed by atoms with E-state index >= 15 is 0 Å². The standard InChI is InChI=1S/C25H21BrO5/c1-15-20(30-14-16-6-4-5-7-21(16)28-2)11-9-19-24(27)23(31-25(15)19)13-17-12-18(26)8-10-22(17)29-3/h4-13H,14H2,1-3H3/b23-13-. The van der Waals surface area contributed by atoms with Crippen molar-refractivity contribution >= 4 is 27.8 Å². The molecule has 0 radical (unpaired) electrons. The lowest BCUT2D eigenvalue weighted by molar-refractivity contribution is 0.101. The van der Waals surface area contributed by atoms with Crippen LogP contribution in [0.2, 0.25) is 0 Å². The highest BCUT2D eigenvalue weighted by Crippen LogP contribution is 2.40. The topological polar surface area (TPSA) is 54.0 Å². The summed E-state index contributed by atoms with van der Waals surface area (Å²) in [4.78, 5) is 12.9. The molecule has 158 valence electrons. The van der Waals surface area contributed by atoms with Gasteiger partial charge in [-0.25, -0.2) is 0 Å². The Morgan fingerprint density at radius 2 is 1.71 bits per heavy atom. The van der Waals surface area contributed by atoms with Crippen molar-refractivity contribution in [3.05, 3.63) is 87.1 Å². The van der Waals surface area contributed by atoms with Gasteiger partial charge < -0.3 is 18.9 Å². The first kappa shape index (κ1) is 21.0. The van der Waals surface area contributed by atoms with Crippen molar-refractivity contribution in [2.24, 2.45) is 0 Å². The Hall–Kier alpha value is -3.25. The Bertz CT molecular complexity index is 1180. The van der Waals surface area contributed by atoms with E-state index in [-0.39, 0.29) is 11.5 Å². The molecule has 3 aromatic carbocycles. The molecule has 4 rings (SSSR count). The van der Waals surface area contributed by atoms with E-state index in [0.717, 1.165) is 26.9 Å². The number of hydrogen-bond donors (Lipinski definition) is 0. The predicted octanol–water partition coefficient (Wildman–Crippen LogP) is 5.97. The molecular weight excluding hydrogens is 460 g/mol. The maximum atomic E-state index is 12.9. The van der Waals surface area contributed by atoms with E-state index in [1.807, 2.05) is 49.4 Å². The van der Waals surface area contributed by atoms with Crippen LogP contribution in [0.4, 0.5) is 0 Å². The van der Waals surface area contributed by atoms with Gasteiger partial charge in [0, 0.05) is 21.2 Å². The molecule has 6 heteroatoms. The lowest BCUT2D eigenvalue weighted by Crippen LogP contribution is -2.00. The van der Waals surface area contributed by atoms with Crippen molar-refractivity contribution < 1.29 is 23.7 Å². The van der Waals surface area contributed by atoms with Gasteiger partial charge in [0.05, 0.1) is 19.8 Å². The Kier molecular flexibility index (Phi) is 6.00. The van der Waals surface area contributed by atoms with Crippen molar-refractivity contribution in [2.75, 3.05) is 14.2 Å². The maximum absolute atomic E-state index is 12.9. The summed E-state index contributed by atoms with van der Waals surface area (Å²) in [7, 11) is 3.22. The zero-order valence-electron chi connectivity index (χ0n) is 17.4. The van der Waals surface area contributed by atoms with Gasteiger partial charge in [0.15, 0.2) is 5.76 Å². The summed E-state index contributed by atoms with van der Waals surface area (Å²) in [6.45, 7) is 2.22.